The van der Waals surface area contributed by atoms with Crippen LogP contribution in [0.15, 0.2) is 23.1 Å². The molecule has 1 aliphatic heterocycles. The lowest BCUT2D eigenvalue weighted by Crippen LogP contribution is -2.36. The number of sulfonamides is 1. The number of benzene rings is 1. The summed E-state index contributed by atoms with van der Waals surface area (Å²) in [6.07, 6.45) is 0.722. The molecule has 0 aromatic heterocycles. The molecule has 0 saturated carbocycles. The molecule has 0 spiro atoms. The molecular formula is C11H16FN3O2S. The normalized spacial score (nSPS) is 21.3. The zero-order valence-electron chi connectivity index (χ0n) is 10.1. The maximum Gasteiger partial charge on any atom is 0.243 e. The van der Waals surface area contributed by atoms with Gasteiger partial charge in [-0.05, 0) is 38.2 Å². The number of nitrogens with zero attached hydrogens (tertiary/aromatic N) is 1. The Bertz CT molecular complexity index is 547. The molecule has 0 radical (unpaired) electrons. The Balaban J connectivity index is 2.23. The van der Waals surface area contributed by atoms with Crippen molar-refractivity contribution in [2.24, 2.45) is 0 Å². The maximum absolute atomic E-state index is 13.5. The molecule has 1 aromatic carbocycles. The van der Waals surface area contributed by atoms with Gasteiger partial charge in [-0.25, -0.2) is 17.5 Å². The zero-order chi connectivity index (χ0) is 13.3. The second kappa shape index (κ2) is 4.83. The summed E-state index contributed by atoms with van der Waals surface area (Å²) in [5, 5.41) is 0. The van der Waals surface area contributed by atoms with Crippen molar-refractivity contribution in [2.75, 3.05) is 25.9 Å². The molecule has 1 atom stereocenters. The minimum absolute atomic E-state index is 0.180. The second-order valence-corrected chi connectivity index (χ2v) is 6.24. The third-order valence-electron chi connectivity index (χ3n) is 2.96. The van der Waals surface area contributed by atoms with Crippen LogP contribution < -0.4 is 10.5 Å². The minimum atomic E-state index is -3.85. The molecule has 1 aliphatic rings. The van der Waals surface area contributed by atoms with E-state index in [0.717, 1.165) is 25.1 Å². The smallest absolute Gasteiger partial charge is 0.243 e. The van der Waals surface area contributed by atoms with Crippen LogP contribution >= 0.6 is 0 Å². The van der Waals surface area contributed by atoms with E-state index in [-0.39, 0.29) is 11.7 Å². The van der Waals surface area contributed by atoms with Crippen molar-refractivity contribution in [3.05, 3.63) is 24.0 Å². The number of nitrogens with one attached hydrogen (secondary N) is 1. The van der Waals surface area contributed by atoms with Crippen LogP contribution in [0.2, 0.25) is 0 Å². The summed E-state index contributed by atoms with van der Waals surface area (Å²) in [5.74, 6) is -0.789. The van der Waals surface area contributed by atoms with E-state index in [4.69, 9.17) is 5.73 Å². The molecule has 1 unspecified atom stereocenters. The van der Waals surface area contributed by atoms with E-state index in [9.17, 15) is 12.8 Å². The van der Waals surface area contributed by atoms with Gasteiger partial charge in [0.15, 0.2) is 0 Å². The highest BCUT2D eigenvalue weighted by molar-refractivity contribution is 7.89. The molecule has 1 fully saturated rings. The van der Waals surface area contributed by atoms with Crippen LogP contribution in [0.4, 0.5) is 10.1 Å². The number of halogens is 1. The summed E-state index contributed by atoms with van der Waals surface area (Å²) in [5.41, 5.74) is 5.71. The quantitative estimate of drug-likeness (QED) is 0.781. The topological polar surface area (TPSA) is 75.4 Å². The summed E-state index contributed by atoms with van der Waals surface area (Å²) in [4.78, 5) is 1.63. The predicted octanol–water partition coefficient (Wildman–Crippen LogP) is 0.390. The Morgan fingerprint density at radius 3 is 2.83 bits per heavy atom. The van der Waals surface area contributed by atoms with Gasteiger partial charge in [-0.15, -0.1) is 0 Å². The lowest BCUT2D eigenvalue weighted by molar-refractivity contribution is 0.407. The van der Waals surface area contributed by atoms with Gasteiger partial charge in [0, 0.05) is 18.3 Å². The number of nitrogens with two attached hydrogens (primary N) is 1. The van der Waals surface area contributed by atoms with Crippen LogP contribution in [0.5, 0.6) is 0 Å². The van der Waals surface area contributed by atoms with Crippen molar-refractivity contribution in [1.82, 2.24) is 9.62 Å². The molecule has 0 amide bonds. The van der Waals surface area contributed by atoms with Crippen LogP contribution in [0.3, 0.4) is 0 Å². The lowest BCUT2D eigenvalue weighted by Gasteiger charge is -2.14. The first-order valence-electron chi connectivity index (χ1n) is 5.64. The van der Waals surface area contributed by atoms with Crippen molar-refractivity contribution in [2.45, 2.75) is 17.4 Å². The monoisotopic (exact) mass is 273 g/mol. The molecule has 2 rings (SSSR count). The Hall–Kier alpha value is -1.18. The van der Waals surface area contributed by atoms with Crippen molar-refractivity contribution < 1.29 is 12.8 Å². The third-order valence-corrected chi connectivity index (χ3v) is 4.49. The maximum atomic E-state index is 13.5. The number of rotatable bonds is 3. The van der Waals surface area contributed by atoms with E-state index in [1.807, 2.05) is 11.9 Å². The van der Waals surface area contributed by atoms with Crippen LogP contribution in [0.25, 0.3) is 0 Å². The molecule has 5 nitrogen and oxygen atoms in total. The van der Waals surface area contributed by atoms with Crippen LogP contribution in [0, 0.1) is 5.82 Å². The summed E-state index contributed by atoms with van der Waals surface area (Å²) < 4.78 is 40.1. The summed E-state index contributed by atoms with van der Waals surface area (Å²) >= 11 is 0. The van der Waals surface area contributed by atoms with E-state index in [1.165, 1.54) is 6.07 Å². The van der Waals surface area contributed by atoms with E-state index in [0.29, 0.717) is 6.54 Å². The first kappa shape index (κ1) is 13.3. The molecule has 1 aromatic rings. The number of likely N-dealkylation sites (N-methyl/N-ethyl adjacent to an activating group) is 1. The van der Waals surface area contributed by atoms with Gasteiger partial charge in [0.05, 0.1) is 0 Å². The number of hydrogen-bond donors (Lipinski definition) is 2. The molecule has 1 saturated heterocycles. The molecule has 100 valence electrons. The van der Waals surface area contributed by atoms with Gasteiger partial charge in [0.2, 0.25) is 10.0 Å². The van der Waals surface area contributed by atoms with E-state index >= 15 is 0 Å². The fourth-order valence-electron chi connectivity index (χ4n) is 2.04. The van der Waals surface area contributed by atoms with Crippen molar-refractivity contribution >= 4 is 15.7 Å². The van der Waals surface area contributed by atoms with E-state index in [1.54, 1.807) is 0 Å². The largest absolute Gasteiger partial charge is 0.399 e. The first-order valence-corrected chi connectivity index (χ1v) is 7.13. The SMILES string of the molecule is CN1CCC(NS(=O)(=O)c2cc(N)ccc2F)C1. The first-order chi connectivity index (χ1) is 8.38. The summed E-state index contributed by atoms with van der Waals surface area (Å²) in [6, 6.07) is 3.35. The number of nitrogen functional groups attached to an aromatic ring is 1. The average Bonchev–Trinajstić information content (AvgIpc) is 2.66. The van der Waals surface area contributed by atoms with Crippen LogP contribution in [-0.2, 0) is 10.0 Å². The van der Waals surface area contributed by atoms with Gasteiger partial charge in [-0.1, -0.05) is 0 Å². The fraction of sp³-hybridized carbons (Fsp3) is 0.455. The summed E-state index contributed by atoms with van der Waals surface area (Å²) in [7, 11) is -1.94. The van der Waals surface area contributed by atoms with Crippen molar-refractivity contribution in [1.29, 1.82) is 0 Å². The third kappa shape index (κ3) is 2.80. The Morgan fingerprint density at radius 2 is 2.22 bits per heavy atom. The van der Waals surface area contributed by atoms with Gasteiger partial charge in [-0.3, -0.25) is 0 Å². The minimum Gasteiger partial charge on any atom is -0.399 e. The second-order valence-electron chi connectivity index (χ2n) is 4.56. The number of anilines is 1. The molecule has 7 heteroatoms. The molecule has 0 bridgehead atoms. The predicted molar refractivity (Wildman–Crippen MR) is 67.0 cm³/mol. The van der Waals surface area contributed by atoms with E-state index < -0.39 is 20.7 Å². The molecule has 18 heavy (non-hydrogen) atoms. The Kier molecular flexibility index (Phi) is 3.56. The number of hydrogen-bond acceptors (Lipinski definition) is 4. The van der Waals surface area contributed by atoms with Crippen molar-refractivity contribution in [3.8, 4) is 0 Å². The average molecular weight is 273 g/mol. The standard InChI is InChI=1S/C11H16FN3O2S/c1-15-5-4-9(7-15)14-18(16,17)11-6-8(13)2-3-10(11)12/h2-3,6,9,14H,4-5,7,13H2,1H3. The van der Waals surface area contributed by atoms with Gasteiger partial charge >= 0.3 is 0 Å². The number of likely N-dealkylation sites (tertiary alicyclic amines) is 1. The highest BCUT2D eigenvalue weighted by Crippen LogP contribution is 2.19. The van der Waals surface area contributed by atoms with Gasteiger partial charge in [0.1, 0.15) is 10.7 Å². The van der Waals surface area contributed by atoms with Gasteiger partial charge in [0.25, 0.3) is 0 Å². The summed E-state index contributed by atoms with van der Waals surface area (Å²) in [6.45, 7) is 1.45. The Morgan fingerprint density at radius 1 is 1.50 bits per heavy atom. The zero-order valence-corrected chi connectivity index (χ0v) is 10.9. The Labute approximate surface area is 106 Å². The van der Waals surface area contributed by atoms with Gasteiger partial charge in [-0.2, -0.15) is 0 Å². The van der Waals surface area contributed by atoms with Gasteiger partial charge < -0.3 is 10.6 Å². The highest BCUT2D eigenvalue weighted by Gasteiger charge is 2.27. The van der Waals surface area contributed by atoms with E-state index in [2.05, 4.69) is 4.72 Å². The molecular weight excluding hydrogens is 257 g/mol. The highest BCUT2D eigenvalue weighted by atomic mass is 32.2. The van der Waals surface area contributed by atoms with Crippen molar-refractivity contribution in [3.63, 3.8) is 0 Å². The molecule has 3 N–H and O–H groups in total. The lowest BCUT2D eigenvalue weighted by atomic mass is 10.3. The molecule has 0 aliphatic carbocycles. The fourth-order valence-corrected chi connectivity index (χ4v) is 3.41. The molecule has 1 heterocycles. The van der Waals surface area contributed by atoms with Crippen LogP contribution in [0.1, 0.15) is 6.42 Å². The van der Waals surface area contributed by atoms with Crippen LogP contribution in [-0.4, -0.2) is 39.5 Å².